The summed E-state index contributed by atoms with van der Waals surface area (Å²) < 4.78 is 28.0. The number of benzene rings is 1. The van der Waals surface area contributed by atoms with E-state index in [-0.39, 0.29) is 18.6 Å². The summed E-state index contributed by atoms with van der Waals surface area (Å²) in [5.74, 6) is -0.0116. The maximum Gasteiger partial charge on any atom is 0.408 e. The Balaban J connectivity index is 2.13. The van der Waals surface area contributed by atoms with Crippen LogP contribution in [0.25, 0.3) is 0 Å². The van der Waals surface area contributed by atoms with Crippen molar-refractivity contribution in [3.05, 3.63) is 23.8 Å². The molecule has 3 rings (SSSR count). The first kappa shape index (κ1) is 25.8. The number of fused-ring (bicyclic) bond motifs is 2. The Morgan fingerprint density at radius 1 is 1.26 bits per heavy atom. The number of carbonyl (C=O) groups excluding carboxylic acids is 3. The van der Waals surface area contributed by atoms with Crippen LogP contribution in [0.2, 0.25) is 0 Å². The molecule has 9 nitrogen and oxygen atoms in total. The number of hydrogen-bond acceptors (Lipinski definition) is 8. The van der Waals surface area contributed by atoms with Crippen molar-refractivity contribution in [1.29, 1.82) is 0 Å². The first-order chi connectivity index (χ1) is 16.0. The van der Waals surface area contributed by atoms with Gasteiger partial charge < -0.3 is 29.0 Å². The van der Waals surface area contributed by atoms with Crippen molar-refractivity contribution in [3.63, 3.8) is 0 Å². The molecule has 188 valence electrons. The Hall–Kier alpha value is -2.81. The average molecular weight is 478 g/mol. The average Bonchev–Trinajstić information content (AvgIpc) is 2.76. The number of nitrogens with one attached hydrogen (secondary N) is 1. The Kier molecular flexibility index (Phi) is 7.75. The van der Waals surface area contributed by atoms with Gasteiger partial charge in [0.2, 0.25) is 6.29 Å². The number of hydrogen-bond donors (Lipinski definition) is 1. The zero-order valence-corrected chi connectivity index (χ0v) is 20.8. The fourth-order valence-corrected chi connectivity index (χ4v) is 5.10. The molecule has 1 aromatic rings. The second-order valence-corrected chi connectivity index (χ2v) is 9.71. The van der Waals surface area contributed by atoms with Crippen LogP contribution in [0, 0.1) is 5.92 Å². The quantitative estimate of drug-likeness (QED) is 0.620. The van der Waals surface area contributed by atoms with E-state index in [1.165, 1.54) is 7.11 Å². The van der Waals surface area contributed by atoms with Crippen molar-refractivity contribution in [2.24, 2.45) is 5.92 Å². The maximum absolute atomic E-state index is 13.0. The lowest BCUT2D eigenvalue weighted by Gasteiger charge is -2.50. The second kappa shape index (κ2) is 10.2. The van der Waals surface area contributed by atoms with Gasteiger partial charge in [0.05, 0.1) is 14.2 Å². The van der Waals surface area contributed by atoms with E-state index < -0.39 is 41.3 Å². The van der Waals surface area contributed by atoms with Crippen molar-refractivity contribution in [3.8, 4) is 11.5 Å². The van der Waals surface area contributed by atoms with Gasteiger partial charge in [0.15, 0.2) is 11.5 Å². The van der Waals surface area contributed by atoms with E-state index >= 15 is 0 Å². The molecule has 0 aromatic heterocycles. The van der Waals surface area contributed by atoms with Crippen molar-refractivity contribution in [1.82, 2.24) is 5.32 Å². The van der Waals surface area contributed by atoms with Crippen LogP contribution < -0.4 is 14.8 Å². The topological polar surface area (TPSA) is 109 Å². The zero-order chi connectivity index (χ0) is 25.1. The monoisotopic (exact) mass is 477 g/mol. The van der Waals surface area contributed by atoms with Crippen molar-refractivity contribution in [2.75, 3.05) is 20.8 Å². The molecular weight excluding hydrogens is 442 g/mol. The Morgan fingerprint density at radius 2 is 2.00 bits per heavy atom. The molecule has 34 heavy (non-hydrogen) atoms. The van der Waals surface area contributed by atoms with Crippen LogP contribution in [0.4, 0.5) is 4.79 Å². The maximum atomic E-state index is 13.0. The van der Waals surface area contributed by atoms with Crippen molar-refractivity contribution < 1.29 is 38.1 Å². The summed E-state index contributed by atoms with van der Waals surface area (Å²) in [6.07, 6.45) is -0.203. The van der Waals surface area contributed by atoms with E-state index in [0.717, 1.165) is 5.56 Å². The van der Waals surface area contributed by atoms with Crippen LogP contribution in [0.1, 0.15) is 58.9 Å². The first-order valence-corrected chi connectivity index (χ1v) is 11.6. The molecule has 1 spiro atoms. The van der Waals surface area contributed by atoms with Gasteiger partial charge in [-0.25, -0.2) is 9.59 Å². The van der Waals surface area contributed by atoms with Crippen molar-refractivity contribution >= 4 is 17.8 Å². The molecule has 3 unspecified atom stereocenters. The number of methoxy groups -OCH3 is 2. The van der Waals surface area contributed by atoms with Crippen LogP contribution in [0.15, 0.2) is 18.2 Å². The van der Waals surface area contributed by atoms with Gasteiger partial charge in [0.1, 0.15) is 17.4 Å². The van der Waals surface area contributed by atoms with Crippen LogP contribution in [-0.2, 0) is 29.2 Å². The number of amides is 1. The highest BCUT2D eigenvalue weighted by molar-refractivity contribution is 5.85. The fourth-order valence-electron chi connectivity index (χ4n) is 5.10. The normalized spacial score (nSPS) is 25.1. The number of ether oxygens (including phenoxy) is 5. The van der Waals surface area contributed by atoms with E-state index in [4.69, 9.17) is 23.7 Å². The Labute approximate surface area is 200 Å². The molecule has 1 amide bonds. The second-order valence-electron chi connectivity index (χ2n) is 9.71. The van der Waals surface area contributed by atoms with Gasteiger partial charge in [0, 0.05) is 42.8 Å². The third-order valence-corrected chi connectivity index (χ3v) is 6.35. The van der Waals surface area contributed by atoms with Gasteiger partial charge >= 0.3 is 12.1 Å². The third kappa shape index (κ3) is 5.29. The van der Waals surface area contributed by atoms with E-state index in [2.05, 4.69) is 5.32 Å². The van der Waals surface area contributed by atoms with Gasteiger partial charge in [0.25, 0.3) is 0 Å². The summed E-state index contributed by atoms with van der Waals surface area (Å²) in [5.41, 5.74) is -0.838. The molecule has 1 aliphatic carbocycles. The summed E-state index contributed by atoms with van der Waals surface area (Å²) in [6, 6.07) is 4.45. The van der Waals surface area contributed by atoms with Gasteiger partial charge in [-0.1, -0.05) is 12.1 Å². The SMILES string of the molecule is CCOC1CC2(CC(=O)CCC2[C@H](NC(=O)OC(C)(C)C)C(=O)OC)c2cccc(OC)c2O1. The molecule has 1 aliphatic heterocycles. The molecule has 1 N–H and O–H groups in total. The summed E-state index contributed by atoms with van der Waals surface area (Å²) in [4.78, 5) is 38.5. The predicted octanol–water partition coefficient (Wildman–Crippen LogP) is 3.51. The lowest BCUT2D eigenvalue weighted by molar-refractivity contribution is -0.151. The highest BCUT2D eigenvalue weighted by atomic mass is 16.7. The van der Waals surface area contributed by atoms with Gasteiger partial charge in [-0.2, -0.15) is 0 Å². The highest BCUT2D eigenvalue weighted by Crippen LogP contribution is 2.55. The standard InChI is InChI=1S/C25H35NO8/c1-7-32-19-14-25(17-9-8-10-18(30-5)21(17)33-19)13-15(27)11-12-16(25)20(22(28)31-6)26-23(29)34-24(2,3)4/h8-10,16,19-20H,7,11-14H2,1-6H3,(H,26,29)/t16?,19?,20-,25?/m0/s1. The van der Waals surface area contributed by atoms with Crippen LogP contribution >= 0.6 is 0 Å². The number of ketones is 1. The molecule has 0 saturated heterocycles. The van der Waals surface area contributed by atoms with Crippen LogP contribution in [0.3, 0.4) is 0 Å². The summed E-state index contributed by atoms with van der Waals surface area (Å²) in [5, 5.41) is 2.73. The molecule has 4 atom stereocenters. The smallest absolute Gasteiger partial charge is 0.408 e. The fraction of sp³-hybridized carbons (Fsp3) is 0.640. The lowest BCUT2D eigenvalue weighted by Crippen LogP contribution is -2.58. The molecule has 1 fully saturated rings. The molecule has 9 heteroatoms. The minimum Gasteiger partial charge on any atom is -0.493 e. The summed E-state index contributed by atoms with van der Waals surface area (Å²) in [6.45, 7) is 7.50. The number of carbonyl (C=O) groups is 3. The molecule has 1 aromatic carbocycles. The summed E-state index contributed by atoms with van der Waals surface area (Å²) >= 11 is 0. The van der Waals surface area contributed by atoms with E-state index in [1.54, 1.807) is 33.9 Å². The van der Waals surface area contributed by atoms with E-state index in [9.17, 15) is 14.4 Å². The molecule has 0 bridgehead atoms. The molecule has 0 radical (unpaired) electrons. The van der Waals surface area contributed by atoms with Gasteiger partial charge in [-0.05, 0) is 40.2 Å². The third-order valence-electron chi connectivity index (χ3n) is 6.35. The Bertz CT molecular complexity index is 924. The largest absolute Gasteiger partial charge is 0.493 e. The number of rotatable bonds is 6. The first-order valence-electron chi connectivity index (χ1n) is 11.6. The van der Waals surface area contributed by atoms with Crippen molar-refractivity contribution in [2.45, 2.75) is 76.7 Å². The number of alkyl carbamates (subject to hydrolysis) is 1. The highest BCUT2D eigenvalue weighted by Gasteiger charge is 2.55. The molecule has 1 saturated carbocycles. The summed E-state index contributed by atoms with van der Waals surface area (Å²) in [7, 11) is 2.82. The molecular formula is C25H35NO8. The predicted molar refractivity (Wildman–Crippen MR) is 123 cm³/mol. The van der Waals surface area contributed by atoms with Gasteiger partial charge in [-0.3, -0.25) is 4.79 Å². The van der Waals surface area contributed by atoms with Gasteiger partial charge in [-0.15, -0.1) is 0 Å². The van der Waals surface area contributed by atoms with E-state index in [0.29, 0.717) is 30.9 Å². The molecule has 2 aliphatic rings. The zero-order valence-electron chi connectivity index (χ0n) is 20.8. The lowest BCUT2D eigenvalue weighted by atomic mass is 9.57. The minimum absolute atomic E-state index is 0.0723. The van der Waals surface area contributed by atoms with E-state index in [1.807, 2.05) is 19.1 Å². The number of esters is 1. The molecule has 1 heterocycles. The van der Waals surface area contributed by atoms with Crippen LogP contribution in [-0.4, -0.2) is 56.6 Å². The Morgan fingerprint density at radius 3 is 2.62 bits per heavy atom. The minimum atomic E-state index is -1.03. The number of Topliss-reactive ketones (excluding diaryl/α,β-unsaturated/α-hetero) is 1. The van der Waals surface area contributed by atoms with Crippen LogP contribution in [0.5, 0.6) is 11.5 Å². The number of para-hydroxylation sites is 1.